The third kappa shape index (κ3) is 7.40. The lowest BCUT2D eigenvalue weighted by atomic mass is 9.95. The molecule has 72 heavy (non-hydrogen) atoms. The van der Waals surface area contributed by atoms with Crippen LogP contribution in [-0.4, -0.2) is 14.1 Å². The largest absolute Gasteiger partial charge is 0.308 e. The molecule has 0 unspecified atom stereocenters. The van der Waals surface area contributed by atoms with Crippen LogP contribution in [0.3, 0.4) is 0 Å². The molecule has 3 heterocycles. The lowest BCUT2D eigenvalue weighted by Gasteiger charge is -2.19. The van der Waals surface area contributed by atoms with Crippen molar-refractivity contribution in [1.29, 1.82) is 5.26 Å². The first-order chi connectivity index (χ1) is 34.9. The molecule has 0 saturated carbocycles. The predicted octanol–water partition coefficient (Wildman–Crippen LogP) is 17.9. The number of aryl methyl sites for hydroxylation is 8. The van der Waals surface area contributed by atoms with E-state index in [1.54, 1.807) is 0 Å². The van der Waals surface area contributed by atoms with Gasteiger partial charge in [-0.1, -0.05) is 119 Å². The molecule has 346 valence electrons. The van der Waals surface area contributed by atoms with E-state index in [0.29, 0.717) is 5.56 Å². The van der Waals surface area contributed by atoms with Crippen LogP contribution >= 0.6 is 0 Å². The topological polar surface area (TPSA) is 46.5 Å². The molecule has 4 nitrogen and oxygen atoms in total. The smallest absolute Gasteiger partial charge is 0.104 e. The first-order valence-corrected chi connectivity index (χ1v) is 24.9. The van der Waals surface area contributed by atoms with Crippen molar-refractivity contribution in [3.05, 3.63) is 232 Å². The zero-order chi connectivity index (χ0) is 49.5. The number of fused-ring (bicyclic) bond motifs is 6. The van der Waals surface area contributed by atoms with Crippen LogP contribution in [0.1, 0.15) is 50.1 Å². The van der Waals surface area contributed by atoms with Crippen molar-refractivity contribution in [2.24, 2.45) is 0 Å². The van der Waals surface area contributed by atoms with Gasteiger partial charge < -0.3 is 9.13 Å². The van der Waals surface area contributed by atoms with Gasteiger partial charge in [0, 0.05) is 33.9 Å². The summed E-state index contributed by atoms with van der Waals surface area (Å²) in [7, 11) is 0. The molecule has 0 aliphatic heterocycles. The zero-order valence-corrected chi connectivity index (χ0v) is 42.1. The summed E-state index contributed by atoms with van der Waals surface area (Å²) in [5, 5.41) is 16.4. The van der Waals surface area contributed by atoms with Gasteiger partial charge in [0.25, 0.3) is 0 Å². The van der Waals surface area contributed by atoms with E-state index >= 15 is 0 Å². The summed E-state index contributed by atoms with van der Waals surface area (Å²) in [5.41, 5.74) is 27.8. The van der Waals surface area contributed by atoms with Gasteiger partial charge in [0.2, 0.25) is 0 Å². The number of aromatic nitrogens is 3. The van der Waals surface area contributed by atoms with Crippen LogP contribution in [0.25, 0.3) is 111 Å². The quantitative estimate of drug-likeness (QED) is 0.160. The van der Waals surface area contributed by atoms with Crippen LogP contribution in [0.5, 0.6) is 0 Å². The Labute approximate surface area is 421 Å². The Morgan fingerprint density at radius 1 is 0.319 bits per heavy atom. The van der Waals surface area contributed by atoms with Gasteiger partial charge in [-0.05, 0) is 206 Å². The minimum absolute atomic E-state index is 0.583. The molecule has 4 heteroatoms. The molecule has 0 atom stereocenters. The molecule has 0 radical (unpaired) electrons. The highest BCUT2D eigenvalue weighted by Gasteiger charge is 2.24. The van der Waals surface area contributed by atoms with E-state index in [4.69, 9.17) is 0 Å². The number of nitriles is 1. The Morgan fingerprint density at radius 3 is 0.903 bits per heavy atom. The maximum atomic E-state index is 11.8. The van der Waals surface area contributed by atoms with E-state index < -0.39 is 0 Å². The molecule has 0 aliphatic carbocycles. The third-order valence-electron chi connectivity index (χ3n) is 15.0. The normalized spacial score (nSPS) is 11.6. The monoisotopic (exact) mass is 926 g/mol. The van der Waals surface area contributed by atoms with Crippen LogP contribution in [0.4, 0.5) is 0 Å². The second-order valence-corrected chi connectivity index (χ2v) is 20.1. The van der Waals surface area contributed by atoms with Crippen molar-refractivity contribution in [2.45, 2.75) is 55.4 Å². The lowest BCUT2D eigenvalue weighted by molar-refractivity contribution is 1.12. The van der Waals surface area contributed by atoms with Gasteiger partial charge in [-0.3, -0.25) is 4.98 Å². The van der Waals surface area contributed by atoms with Gasteiger partial charge in [-0.25, -0.2) is 0 Å². The molecule has 0 N–H and O–H groups in total. The summed E-state index contributed by atoms with van der Waals surface area (Å²) in [6.45, 7) is 17.4. The molecule has 0 bridgehead atoms. The number of hydrogen-bond donors (Lipinski definition) is 0. The fourth-order valence-electron chi connectivity index (χ4n) is 11.6. The van der Waals surface area contributed by atoms with Gasteiger partial charge >= 0.3 is 0 Å². The minimum atomic E-state index is 0.583. The fraction of sp³-hybridized carbons (Fsp3) is 0.118. The Bertz CT molecular complexity index is 3790. The van der Waals surface area contributed by atoms with Crippen molar-refractivity contribution in [3.63, 3.8) is 0 Å². The van der Waals surface area contributed by atoms with E-state index in [-0.39, 0.29) is 0 Å². The average molecular weight is 927 g/mol. The Hall–Kier alpha value is -8.78. The Balaban J connectivity index is 1.18. The van der Waals surface area contributed by atoms with E-state index in [9.17, 15) is 5.26 Å². The summed E-state index contributed by atoms with van der Waals surface area (Å²) in [6.07, 6.45) is 3.69. The molecule has 0 fully saturated rings. The molecule has 0 aliphatic rings. The highest BCUT2D eigenvalue weighted by molar-refractivity contribution is 6.14. The Kier molecular flexibility index (Phi) is 10.7. The molecule has 12 rings (SSSR count). The van der Waals surface area contributed by atoms with Gasteiger partial charge in [-0.2, -0.15) is 5.26 Å². The fourth-order valence-corrected chi connectivity index (χ4v) is 11.6. The second-order valence-electron chi connectivity index (χ2n) is 20.1. The van der Waals surface area contributed by atoms with Gasteiger partial charge in [-0.15, -0.1) is 0 Å². The van der Waals surface area contributed by atoms with Crippen LogP contribution in [0, 0.1) is 66.7 Å². The van der Waals surface area contributed by atoms with Crippen molar-refractivity contribution >= 4 is 43.6 Å². The first-order valence-electron chi connectivity index (χ1n) is 24.9. The molecule has 0 spiro atoms. The SMILES string of the molecule is Cc1ccc(-c2ccc3c(c2)c2cc(-c4ccc(C)cc4C)ccc2n3-c2cc(-c3ccncc3)cc(-n3c4ccc(-c5ccc(C)cc5C)cc4c4cc(-c5ccc(C)cc5C)ccc43)c2C#N)c(C)c1. The highest BCUT2D eigenvalue weighted by Crippen LogP contribution is 2.44. The molecular formula is C68H54N4. The third-order valence-corrected chi connectivity index (χ3v) is 15.0. The van der Waals surface area contributed by atoms with Crippen molar-refractivity contribution in [2.75, 3.05) is 0 Å². The second kappa shape index (κ2) is 17.3. The summed E-state index contributed by atoms with van der Waals surface area (Å²) in [6, 6.07) is 65.6. The maximum Gasteiger partial charge on any atom is 0.104 e. The van der Waals surface area contributed by atoms with E-state index in [0.717, 1.165) is 88.4 Å². The van der Waals surface area contributed by atoms with Crippen molar-refractivity contribution < 1.29 is 0 Å². The maximum absolute atomic E-state index is 11.8. The minimum Gasteiger partial charge on any atom is -0.308 e. The predicted molar refractivity (Wildman–Crippen MR) is 303 cm³/mol. The van der Waals surface area contributed by atoms with E-state index in [1.165, 1.54) is 66.8 Å². The number of rotatable bonds is 7. The molecule has 3 aromatic heterocycles. The molecule has 12 aromatic rings. The number of nitrogens with zero attached hydrogens (tertiary/aromatic N) is 4. The van der Waals surface area contributed by atoms with E-state index in [1.807, 2.05) is 12.4 Å². The zero-order valence-electron chi connectivity index (χ0n) is 42.1. The van der Waals surface area contributed by atoms with E-state index in [2.05, 4.69) is 245 Å². The number of benzene rings is 9. The molecule has 0 saturated heterocycles. The summed E-state index contributed by atoms with van der Waals surface area (Å²) in [4.78, 5) is 4.43. The summed E-state index contributed by atoms with van der Waals surface area (Å²) in [5.74, 6) is 0. The molecular weight excluding hydrogens is 873 g/mol. The molecule has 9 aromatic carbocycles. The average Bonchev–Trinajstić information content (AvgIpc) is 3.87. The standard InChI is InChI=1S/C68H54N4/c1-40-9-17-54(44(5)29-40)49-13-21-63-58(33-49)59-34-50(55-18-10-41(2)30-45(55)6)14-22-64(59)71(63)67-37-53(48-25-27-70-28-26-48)38-68(62(67)39-69)72-65-23-15-51(56-19-11-42(3)31-46(56)7)35-60(65)61-36-52(16-24-66(61)72)57-20-12-43(4)32-47(57)8/h9-38H,1-8H3. The first kappa shape index (κ1) is 44.4. The summed E-state index contributed by atoms with van der Waals surface area (Å²) >= 11 is 0. The van der Waals surface area contributed by atoms with Crippen LogP contribution < -0.4 is 0 Å². The number of hydrogen-bond acceptors (Lipinski definition) is 2. The van der Waals surface area contributed by atoms with Crippen molar-refractivity contribution in [3.8, 4) is 73.1 Å². The highest BCUT2D eigenvalue weighted by atomic mass is 15.0. The molecule has 0 amide bonds. The Morgan fingerprint density at radius 2 is 0.625 bits per heavy atom. The van der Waals surface area contributed by atoms with Gasteiger partial charge in [0.15, 0.2) is 0 Å². The van der Waals surface area contributed by atoms with Crippen LogP contribution in [-0.2, 0) is 0 Å². The summed E-state index contributed by atoms with van der Waals surface area (Å²) < 4.78 is 4.67. The number of pyridine rings is 1. The van der Waals surface area contributed by atoms with Crippen molar-refractivity contribution in [1.82, 2.24) is 14.1 Å². The van der Waals surface area contributed by atoms with Gasteiger partial charge in [0.05, 0.1) is 33.4 Å². The van der Waals surface area contributed by atoms with Gasteiger partial charge in [0.1, 0.15) is 11.6 Å². The van der Waals surface area contributed by atoms with Crippen LogP contribution in [0.15, 0.2) is 182 Å². The lowest BCUT2D eigenvalue weighted by Crippen LogP contribution is -2.05. The van der Waals surface area contributed by atoms with Crippen LogP contribution in [0.2, 0.25) is 0 Å².